The number of para-hydroxylation sites is 1. The van der Waals surface area contributed by atoms with Gasteiger partial charge in [-0.3, -0.25) is 14.5 Å². The monoisotopic (exact) mass is 308 g/mol. The Hall–Kier alpha value is -2.69. The molecule has 5 heteroatoms. The van der Waals surface area contributed by atoms with Crippen LogP contribution in [0.25, 0.3) is 10.9 Å². The van der Waals surface area contributed by atoms with Crippen molar-refractivity contribution < 1.29 is 4.79 Å². The highest BCUT2D eigenvalue weighted by molar-refractivity contribution is 6.00. The van der Waals surface area contributed by atoms with Gasteiger partial charge in [-0.2, -0.15) is 5.10 Å². The average molecular weight is 308 g/mol. The highest BCUT2D eigenvalue weighted by Gasteiger charge is 2.12. The van der Waals surface area contributed by atoms with Gasteiger partial charge in [-0.1, -0.05) is 18.2 Å². The first-order chi connectivity index (χ1) is 11.1. The number of benzene rings is 1. The molecule has 0 radical (unpaired) electrons. The quantitative estimate of drug-likeness (QED) is 0.805. The third kappa shape index (κ3) is 3.08. The van der Waals surface area contributed by atoms with Crippen LogP contribution in [0.2, 0.25) is 0 Å². The van der Waals surface area contributed by atoms with Gasteiger partial charge in [0.1, 0.15) is 0 Å². The van der Waals surface area contributed by atoms with Crippen LogP contribution in [0.5, 0.6) is 0 Å². The summed E-state index contributed by atoms with van der Waals surface area (Å²) >= 11 is 0. The highest BCUT2D eigenvalue weighted by Crippen LogP contribution is 2.21. The van der Waals surface area contributed by atoms with Crippen LogP contribution in [0.1, 0.15) is 23.4 Å². The summed E-state index contributed by atoms with van der Waals surface area (Å²) < 4.78 is 1.86. The lowest BCUT2D eigenvalue weighted by atomic mass is 10.1. The first-order valence-corrected chi connectivity index (χ1v) is 7.69. The number of amides is 1. The van der Waals surface area contributed by atoms with Crippen LogP contribution in [-0.4, -0.2) is 20.7 Å². The fraction of sp³-hybridized carbons (Fsp3) is 0.278. The lowest BCUT2D eigenvalue weighted by Gasteiger charge is -2.08. The summed E-state index contributed by atoms with van der Waals surface area (Å²) in [5, 5.41) is 8.38. The van der Waals surface area contributed by atoms with Crippen LogP contribution >= 0.6 is 0 Å². The second-order valence-electron chi connectivity index (χ2n) is 5.70. The van der Waals surface area contributed by atoms with Gasteiger partial charge in [0.15, 0.2) is 0 Å². The van der Waals surface area contributed by atoms with Gasteiger partial charge in [0.2, 0.25) is 5.91 Å². The second-order valence-corrected chi connectivity index (χ2v) is 5.70. The lowest BCUT2D eigenvalue weighted by molar-refractivity contribution is -0.116. The summed E-state index contributed by atoms with van der Waals surface area (Å²) in [5.41, 5.74) is 4.83. The Morgan fingerprint density at radius 2 is 2.00 bits per heavy atom. The van der Waals surface area contributed by atoms with Crippen LogP contribution in [0, 0.1) is 13.8 Å². The minimum Gasteiger partial charge on any atom is -0.324 e. The summed E-state index contributed by atoms with van der Waals surface area (Å²) in [5.74, 6) is -0.00851. The molecule has 0 fully saturated rings. The van der Waals surface area contributed by atoms with Crippen LogP contribution in [0.15, 0.2) is 36.5 Å². The standard InChI is InChI=1S/C18H20N4O/c1-12-15(13(2)22(3)21-12)9-10-17(23)20-16-8-4-6-14-7-5-11-19-18(14)16/h4-8,11H,9-10H2,1-3H3,(H,20,23). The Kier molecular flexibility index (Phi) is 4.10. The van der Waals surface area contributed by atoms with E-state index in [9.17, 15) is 4.79 Å². The van der Waals surface area contributed by atoms with E-state index in [4.69, 9.17) is 0 Å². The van der Waals surface area contributed by atoms with E-state index in [0.717, 1.165) is 33.5 Å². The number of carbonyl (C=O) groups is 1. The van der Waals surface area contributed by atoms with E-state index in [0.29, 0.717) is 12.8 Å². The van der Waals surface area contributed by atoms with Crippen molar-refractivity contribution in [1.29, 1.82) is 0 Å². The van der Waals surface area contributed by atoms with Crippen molar-refractivity contribution in [3.63, 3.8) is 0 Å². The predicted molar refractivity (Wildman–Crippen MR) is 91.4 cm³/mol. The van der Waals surface area contributed by atoms with Gasteiger partial charge in [-0.25, -0.2) is 0 Å². The first-order valence-electron chi connectivity index (χ1n) is 7.69. The number of rotatable bonds is 4. The number of fused-ring (bicyclic) bond motifs is 1. The van der Waals surface area contributed by atoms with E-state index in [-0.39, 0.29) is 5.91 Å². The summed E-state index contributed by atoms with van der Waals surface area (Å²) in [6, 6.07) is 9.67. The second kappa shape index (κ2) is 6.20. The summed E-state index contributed by atoms with van der Waals surface area (Å²) in [4.78, 5) is 16.6. The average Bonchev–Trinajstić information content (AvgIpc) is 2.78. The molecule has 1 N–H and O–H groups in total. The van der Waals surface area contributed by atoms with Crippen molar-refractivity contribution >= 4 is 22.5 Å². The van der Waals surface area contributed by atoms with E-state index in [1.807, 2.05) is 55.9 Å². The molecule has 3 rings (SSSR count). The molecule has 23 heavy (non-hydrogen) atoms. The SMILES string of the molecule is Cc1nn(C)c(C)c1CCC(=O)Nc1cccc2cccnc12. The summed E-state index contributed by atoms with van der Waals surface area (Å²) in [6.07, 6.45) is 2.85. The number of anilines is 1. The maximum Gasteiger partial charge on any atom is 0.224 e. The van der Waals surface area contributed by atoms with Crippen LogP contribution in [-0.2, 0) is 18.3 Å². The molecule has 1 amide bonds. The number of nitrogens with zero attached hydrogens (tertiary/aromatic N) is 3. The largest absolute Gasteiger partial charge is 0.324 e. The molecule has 3 aromatic rings. The van der Waals surface area contributed by atoms with E-state index >= 15 is 0 Å². The number of hydrogen-bond acceptors (Lipinski definition) is 3. The number of aryl methyl sites for hydroxylation is 2. The zero-order chi connectivity index (χ0) is 16.4. The molecule has 0 saturated carbocycles. The third-order valence-corrected chi connectivity index (χ3v) is 4.17. The van der Waals surface area contributed by atoms with Gasteiger partial charge in [0.25, 0.3) is 0 Å². The number of nitrogens with one attached hydrogen (secondary N) is 1. The molecule has 5 nitrogen and oxygen atoms in total. The number of pyridine rings is 1. The van der Waals surface area contributed by atoms with Crippen LogP contribution in [0.3, 0.4) is 0 Å². The fourth-order valence-corrected chi connectivity index (χ4v) is 2.84. The number of aromatic nitrogens is 3. The Labute approximate surface area is 135 Å². The zero-order valence-electron chi connectivity index (χ0n) is 13.6. The van der Waals surface area contributed by atoms with Crippen molar-refractivity contribution in [3.05, 3.63) is 53.5 Å². The van der Waals surface area contributed by atoms with E-state index in [2.05, 4.69) is 15.4 Å². The molecule has 0 aliphatic heterocycles. The minimum atomic E-state index is -0.00851. The molecule has 0 bridgehead atoms. The zero-order valence-corrected chi connectivity index (χ0v) is 13.6. The van der Waals surface area contributed by atoms with Crippen LogP contribution < -0.4 is 5.32 Å². The van der Waals surface area contributed by atoms with Gasteiger partial charge in [0.05, 0.1) is 16.9 Å². The molecule has 2 heterocycles. The normalized spacial score (nSPS) is 10.9. The Bertz CT molecular complexity index is 861. The molecule has 2 aromatic heterocycles. The summed E-state index contributed by atoms with van der Waals surface area (Å²) in [7, 11) is 1.92. The number of carbonyl (C=O) groups excluding carboxylic acids is 1. The van der Waals surface area contributed by atoms with Crippen LogP contribution in [0.4, 0.5) is 5.69 Å². The van der Waals surface area contributed by atoms with E-state index in [1.54, 1.807) is 6.20 Å². The molecule has 0 spiro atoms. The van der Waals surface area contributed by atoms with Gasteiger partial charge in [-0.15, -0.1) is 0 Å². The van der Waals surface area contributed by atoms with Crippen molar-refractivity contribution in [2.24, 2.45) is 7.05 Å². The molecular formula is C18H20N4O. The predicted octanol–water partition coefficient (Wildman–Crippen LogP) is 3.16. The van der Waals surface area contributed by atoms with Crippen molar-refractivity contribution in [2.75, 3.05) is 5.32 Å². The lowest BCUT2D eigenvalue weighted by Crippen LogP contribution is -2.13. The number of hydrogen-bond donors (Lipinski definition) is 1. The molecular weight excluding hydrogens is 288 g/mol. The molecule has 0 atom stereocenters. The van der Waals surface area contributed by atoms with Crippen molar-refractivity contribution in [1.82, 2.24) is 14.8 Å². The maximum absolute atomic E-state index is 12.3. The van der Waals surface area contributed by atoms with E-state index < -0.39 is 0 Å². The Morgan fingerprint density at radius 3 is 2.74 bits per heavy atom. The molecule has 1 aromatic carbocycles. The third-order valence-electron chi connectivity index (χ3n) is 4.17. The molecule has 118 valence electrons. The minimum absolute atomic E-state index is 0.00851. The maximum atomic E-state index is 12.3. The van der Waals surface area contributed by atoms with Crippen molar-refractivity contribution in [2.45, 2.75) is 26.7 Å². The van der Waals surface area contributed by atoms with Gasteiger partial charge in [0, 0.05) is 30.7 Å². The fourth-order valence-electron chi connectivity index (χ4n) is 2.84. The molecule has 0 saturated heterocycles. The topological polar surface area (TPSA) is 59.8 Å². The van der Waals surface area contributed by atoms with E-state index in [1.165, 1.54) is 0 Å². The van der Waals surface area contributed by atoms with Crippen molar-refractivity contribution in [3.8, 4) is 0 Å². The van der Waals surface area contributed by atoms with Gasteiger partial charge < -0.3 is 5.32 Å². The first kappa shape index (κ1) is 15.2. The Morgan fingerprint density at radius 1 is 1.22 bits per heavy atom. The van der Waals surface area contributed by atoms with Gasteiger partial charge >= 0.3 is 0 Å². The molecule has 0 aliphatic carbocycles. The molecule has 0 unspecified atom stereocenters. The Balaban J connectivity index is 1.72. The summed E-state index contributed by atoms with van der Waals surface area (Å²) in [6.45, 7) is 4.01. The molecule has 0 aliphatic rings. The van der Waals surface area contributed by atoms with Gasteiger partial charge in [-0.05, 0) is 38.0 Å². The highest BCUT2D eigenvalue weighted by atomic mass is 16.1. The smallest absolute Gasteiger partial charge is 0.224 e.